The van der Waals surface area contributed by atoms with Crippen LogP contribution >= 0.6 is 48.0 Å². The smallest absolute Gasteiger partial charge is 0.415 e. The van der Waals surface area contributed by atoms with Gasteiger partial charge in [0.05, 0.1) is 0 Å². The first-order valence-electron chi connectivity index (χ1n) is 3.35. The SMILES string of the molecule is NC(=S)[S-].NC(=S)[S-].NC(=S)[S-].[Mo+4].[c-]1nccs1. The van der Waals surface area contributed by atoms with Gasteiger partial charge in [-0.3, -0.25) is 11.3 Å². The summed E-state index contributed by atoms with van der Waals surface area (Å²) in [6.45, 7) is 0. The topological polar surface area (TPSA) is 91.0 Å². The average molecular weight is 457 g/mol. The fourth-order valence-electron chi connectivity index (χ4n) is 0.152. The molecule has 0 aliphatic rings. The van der Waals surface area contributed by atoms with Crippen LogP contribution in [0.25, 0.3) is 0 Å². The number of hydrogen-bond acceptors (Lipinski definition) is 8. The zero-order valence-electron chi connectivity index (χ0n) is 8.60. The van der Waals surface area contributed by atoms with Gasteiger partial charge in [-0.25, -0.2) is 0 Å². The zero-order valence-corrected chi connectivity index (χ0v) is 16.3. The van der Waals surface area contributed by atoms with E-state index < -0.39 is 0 Å². The second-order valence-electron chi connectivity index (χ2n) is 1.58. The van der Waals surface area contributed by atoms with Crippen molar-refractivity contribution < 1.29 is 21.1 Å². The van der Waals surface area contributed by atoms with E-state index in [9.17, 15) is 0 Å². The number of aromatic nitrogens is 1. The quantitative estimate of drug-likeness (QED) is 0.219. The molecule has 100 valence electrons. The van der Waals surface area contributed by atoms with Crippen LogP contribution in [0.1, 0.15) is 0 Å². The maximum absolute atomic E-state index is 4.66. The van der Waals surface area contributed by atoms with Crippen molar-refractivity contribution in [3.05, 3.63) is 17.1 Å². The number of rotatable bonds is 0. The predicted octanol–water partition coefficient (Wildman–Crippen LogP) is 0.271. The van der Waals surface area contributed by atoms with Gasteiger partial charge in [-0.2, -0.15) is 0 Å². The average Bonchev–Trinajstić information content (AvgIpc) is 2.53. The molecule has 0 saturated heterocycles. The molecule has 0 spiro atoms. The second kappa shape index (κ2) is 22.8. The summed E-state index contributed by atoms with van der Waals surface area (Å²) in [4.78, 5) is 3.62. The van der Waals surface area contributed by atoms with Crippen LogP contribution in [0.5, 0.6) is 0 Å². The Morgan fingerprint density at radius 1 is 1.00 bits per heavy atom. The van der Waals surface area contributed by atoms with Gasteiger partial charge >= 0.3 is 21.1 Å². The van der Waals surface area contributed by atoms with Crippen LogP contribution in [0.4, 0.5) is 0 Å². The molecule has 0 amide bonds. The molecule has 1 aromatic heterocycles. The number of hydrogen-bond donors (Lipinski definition) is 3. The molecule has 0 aromatic carbocycles. The van der Waals surface area contributed by atoms with E-state index in [-0.39, 0.29) is 34.0 Å². The molecule has 1 heterocycles. The number of nitrogens with zero attached hydrogens (tertiary/aromatic N) is 1. The van der Waals surface area contributed by atoms with Gasteiger partial charge in [0, 0.05) is 0 Å². The molecule has 4 nitrogen and oxygen atoms in total. The first-order valence-corrected chi connectivity index (χ1v) is 6.67. The Labute approximate surface area is 157 Å². The minimum atomic E-state index is 0. The van der Waals surface area contributed by atoms with Crippen molar-refractivity contribution in [3.63, 3.8) is 0 Å². The molecule has 0 bridgehead atoms. The Balaban J connectivity index is -0.0000000719. The summed E-state index contributed by atoms with van der Waals surface area (Å²) in [5, 5.41) is 1.88. The Kier molecular flexibility index (Phi) is 34.3. The Morgan fingerprint density at radius 2 is 1.28 bits per heavy atom. The van der Waals surface area contributed by atoms with E-state index in [0.717, 1.165) is 0 Å². The monoisotopic (exact) mass is 458 g/mol. The molecule has 0 aliphatic heterocycles. The van der Waals surface area contributed by atoms with Gasteiger partial charge in [-0.1, -0.05) is 13.0 Å². The predicted molar refractivity (Wildman–Crippen MR) is 93.4 cm³/mol. The molecule has 0 atom stereocenters. The van der Waals surface area contributed by atoms with Gasteiger partial charge in [0.25, 0.3) is 0 Å². The molecule has 0 saturated carbocycles. The largest absolute Gasteiger partial charge is 4.00 e. The third-order valence-electron chi connectivity index (χ3n) is 0.309. The standard InChI is InChI=1S/C3H2NS.3CH3NS2.Mo/c1-2-5-3-4-1;3*2-1(3)4;/h1-2H;3*(H3,2,3,4);/q-1;;;;+4/p-3. The van der Waals surface area contributed by atoms with Gasteiger partial charge in [-0.05, 0) is 5.51 Å². The van der Waals surface area contributed by atoms with Crippen LogP contribution in [0, 0.1) is 5.51 Å². The molecule has 0 fully saturated rings. The van der Waals surface area contributed by atoms with E-state index in [1.807, 2.05) is 5.38 Å². The first kappa shape index (κ1) is 27.1. The van der Waals surface area contributed by atoms with Crippen molar-refractivity contribution in [2.24, 2.45) is 17.2 Å². The Morgan fingerprint density at radius 3 is 1.33 bits per heavy atom. The van der Waals surface area contributed by atoms with Gasteiger partial charge in [0.1, 0.15) is 0 Å². The van der Waals surface area contributed by atoms with E-state index in [0.29, 0.717) is 0 Å². The summed E-state index contributed by atoms with van der Waals surface area (Å²) in [7, 11) is 0. The van der Waals surface area contributed by atoms with E-state index in [1.165, 1.54) is 11.3 Å². The van der Waals surface area contributed by atoms with Gasteiger partial charge in [0.2, 0.25) is 0 Å². The number of nitrogens with two attached hydrogens (primary N) is 3. The van der Waals surface area contributed by atoms with Gasteiger partial charge < -0.3 is 96.7 Å². The van der Waals surface area contributed by atoms with Crippen LogP contribution in [0.2, 0.25) is 0 Å². The Hall–Kier alpha value is 0.648. The maximum atomic E-state index is 4.66. The second-order valence-corrected chi connectivity index (χ2v) is 5.69. The van der Waals surface area contributed by atoms with Crippen molar-refractivity contribution in [1.29, 1.82) is 0 Å². The van der Waals surface area contributed by atoms with Gasteiger partial charge in [0.15, 0.2) is 0 Å². The summed E-state index contributed by atoms with van der Waals surface area (Å²) < 4.78 is 0.250. The van der Waals surface area contributed by atoms with Crippen LogP contribution in [0.15, 0.2) is 11.6 Å². The molecule has 0 radical (unpaired) electrons. The molecule has 1 aromatic rings. The number of thiocarbonyl (C=S) groups is 3. The minimum Gasteiger partial charge on any atom is -0.415 e. The third kappa shape index (κ3) is 128. The normalized spacial score (nSPS) is 6.22. The molecule has 6 N–H and O–H groups in total. The molecular weight excluding hydrogens is 449 g/mol. The van der Waals surface area contributed by atoms with E-state index in [2.05, 4.69) is 102 Å². The van der Waals surface area contributed by atoms with Crippen molar-refractivity contribution in [3.8, 4) is 0 Å². The van der Waals surface area contributed by atoms with Crippen LogP contribution < -0.4 is 17.2 Å². The summed E-state index contributed by atoms with van der Waals surface area (Å²) >= 11 is 26.3. The van der Waals surface area contributed by atoms with E-state index in [1.54, 1.807) is 6.20 Å². The van der Waals surface area contributed by atoms with E-state index >= 15 is 0 Å². The molecule has 1 rings (SSSR count). The number of thiazole rings is 1. The van der Waals surface area contributed by atoms with Crippen LogP contribution in [-0.2, 0) is 59.0 Å². The summed E-state index contributed by atoms with van der Waals surface area (Å²) in [5.41, 5.74) is 16.6. The Bertz CT molecular complexity index is 247. The fourth-order valence-corrected chi connectivity index (χ4v) is 0.456. The molecule has 12 heteroatoms. The van der Waals surface area contributed by atoms with Crippen LogP contribution in [-0.4, -0.2) is 17.9 Å². The van der Waals surface area contributed by atoms with Crippen molar-refractivity contribution in [2.75, 3.05) is 0 Å². The molecule has 0 aliphatic carbocycles. The van der Waals surface area contributed by atoms with Crippen molar-refractivity contribution in [2.45, 2.75) is 0 Å². The summed E-state index contributed by atoms with van der Waals surface area (Å²) in [6, 6.07) is 0. The molecular formula is C6H8MoN4S7. The maximum Gasteiger partial charge on any atom is 4.00 e. The zero-order chi connectivity index (χ0) is 14.3. The first-order chi connectivity index (χ1) is 7.70. The van der Waals surface area contributed by atoms with Gasteiger partial charge in [-0.15, -0.1) is 11.6 Å². The minimum absolute atomic E-state index is 0. The van der Waals surface area contributed by atoms with Crippen LogP contribution in [0.3, 0.4) is 0 Å². The fraction of sp³-hybridized carbons (Fsp3) is 0. The summed E-state index contributed by atoms with van der Waals surface area (Å²) in [5.74, 6) is 0. The van der Waals surface area contributed by atoms with E-state index in [4.69, 9.17) is 0 Å². The molecule has 0 unspecified atom stereocenters. The third-order valence-corrected chi connectivity index (χ3v) is 0.777. The van der Waals surface area contributed by atoms with Crippen molar-refractivity contribution >= 4 is 98.8 Å². The van der Waals surface area contributed by atoms with Crippen molar-refractivity contribution in [1.82, 2.24) is 4.98 Å². The summed E-state index contributed by atoms with van der Waals surface area (Å²) in [6.07, 6.45) is 1.71. The molecule has 18 heavy (non-hydrogen) atoms.